The highest BCUT2D eigenvalue weighted by Crippen LogP contribution is 2.21. The largest absolute Gasteiger partial charge is 0.442 e. The number of rotatable bonds is 5. The summed E-state index contributed by atoms with van der Waals surface area (Å²) in [7, 11) is 0. The van der Waals surface area contributed by atoms with E-state index in [9.17, 15) is 14.7 Å². The summed E-state index contributed by atoms with van der Waals surface area (Å²) in [5, 5.41) is 13.0. The molecule has 7 heteroatoms. The molecule has 1 amide bonds. The fourth-order valence-electron chi connectivity index (χ4n) is 2.16. The van der Waals surface area contributed by atoms with Gasteiger partial charge in [0.25, 0.3) is 11.5 Å². The number of H-pyrrole nitrogens is 1. The standard InChI is InChI=1S/C14H19N3O4/c1-4-14(20,5-2)6-15-11(18)9-8(3)21-13-10(9)12(19)16-7-17-13/h7,20H,4-6H2,1-3H3,(H,15,18)(H,16,17,19). The molecular formula is C14H19N3O4. The molecule has 0 aliphatic heterocycles. The molecule has 2 rings (SSSR count). The third-order valence-corrected chi connectivity index (χ3v) is 3.79. The van der Waals surface area contributed by atoms with Crippen LogP contribution in [0.5, 0.6) is 0 Å². The van der Waals surface area contributed by atoms with Gasteiger partial charge in [-0.25, -0.2) is 4.98 Å². The lowest BCUT2D eigenvalue weighted by Gasteiger charge is -2.25. The minimum atomic E-state index is -0.951. The molecule has 3 N–H and O–H groups in total. The number of furan rings is 1. The van der Waals surface area contributed by atoms with Crippen molar-refractivity contribution in [1.82, 2.24) is 15.3 Å². The van der Waals surface area contributed by atoms with Crippen LogP contribution in [-0.4, -0.2) is 33.1 Å². The number of carbonyl (C=O) groups excluding carboxylic acids is 1. The van der Waals surface area contributed by atoms with Crippen LogP contribution in [0.15, 0.2) is 15.5 Å². The summed E-state index contributed by atoms with van der Waals surface area (Å²) in [5.41, 5.74) is -1.09. The van der Waals surface area contributed by atoms with Crippen molar-refractivity contribution < 1.29 is 14.3 Å². The summed E-state index contributed by atoms with van der Waals surface area (Å²) in [4.78, 5) is 30.5. The lowest BCUT2D eigenvalue weighted by atomic mass is 9.97. The smallest absolute Gasteiger partial charge is 0.262 e. The van der Waals surface area contributed by atoms with Gasteiger partial charge in [-0.1, -0.05) is 13.8 Å². The van der Waals surface area contributed by atoms with Crippen molar-refractivity contribution >= 4 is 17.0 Å². The van der Waals surface area contributed by atoms with E-state index in [1.165, 1.54) is 6.33 Å². The highest BCUT2D eigenvalue weighted by molar-refractivity contribution is 6.06. The Kier molecular flexibility index (Phi) is 4.13. The van der Waals surface area contributed by atoms with Crippen molar-refractivity contribution in [2.75, 3.05) is 6.54 Å². The third kappa shape index (κ3) is 2.82. The van der Waals surface area contributed by atoms with Crippen molar-refractivity contribution in [3.8, 4) is 0 Å². The van der Waals surface area contributed by atoms with Gasteiger partial charge in [0.05, 0.1) is 17.5 Å². The molecule has 0 bridgehead atoms. The molecule has 0 aliphatic rings. The number of hydrogen-bond donors (Lipinski definition) is 3. The first-order valence-corrected chi connectivity index (χ1v) is 6.89. The minimum absolute atomic E-state index is 0.114. The fourth-order valence-corrected chi connectivity index (χ4v) is 2.16. The first kappa shape index (κ1) is 15.2. The zero-order valence-electron chi connectivity index (χ0n) is 12.3. The number of fused-ring (bicyclic) bond motifs is 1. The zero-order chi connectivity index (χ0) is 15.6. The van der Waals surface area contributed by atoms with Gasteiger partial charge < -0.3 is 19.8 Å². The number of aromatic nitrogens is 2. The first-order chi connectivity index (χ1) is 9.91. The maximum Gasteiger partial charge on any atom is 0.262 e. The van der Waals surface area contributed by atoms with Gasteiger partial charge in [0.15, 0.2) is 0 Å². The molecule has 0 saturated heterocycles. The number of hydrogen-bond acceptors (Lipinski definition) is 5. The lowest BCUT2D eigenvalue weighted by molar-refractivity contribution is 0.0314. The van der Waals surface area contributed by atoms with Gasteiger partial charge >= 0.3 is 0 Å². The fraction of sp³-hybridized carbons (Fsp3) is 0.500. The Balaban J connectivity index is 2.32. The van der Waals surface area contributed by atoms with Crippen molar-refractivity contribution in [3.05, 3.63) is 28.0 Å². The maximum atomic E-state index is 12.3. The van der Waals surface area contributed by atoms with Crippen molar-refractivity contribution in [1.29, 1.82) is 0 Å². The number of nitrogens with zero attached hydrogens (tertiary/aromatic N) is 1. The molecule has 0 atom stereocenters. The molecule has 0 aromatic carbocycles. The van der Waals surface area contributed by atoms with Crippen LogP contribution >= 0.6 is 0 Å². The van der Waals surface area contributed by atoms with Crippen LogP contribution in [0.2, 0.25) is 0 Å². The van der Waals surface area contributed by atoms with Gasteiger partial charge in [-0.2, -0.15) is 0 Å². The maximum absolute atomic E-state index is 12.3. The zero-order valence-corrected chi connectivity index (χ0v) is 12.3. The summed E-state index contributed by atoms with van der Waals surface area (Å²) in [6.07, 6.45) is 2.27. The van der Waals surface area contributed by atoms with E-state index in [1.54, 1.807) is 6.92 Å². The molecule has 2 aromatic rings. The molecule has 0 fully saturated rings. The molecule has 114 valence electrons. The van der Waals surface area contributed by atoms with E-state index in [4.69, 9.17) is 4.42 Å². The van der Waals surface area contributed by atoms with E-state index in [0.717, 1.165) is 0 Å². The Labute approximate surface area is 121 Å². The number of amides is 1. The van der Waals surface area contributed by atoms with Gasteiger partial charge in [0.2, 0.25) is 5.71 Å². The second-order valence-corrected chi connectivity index (χ2v) is 5.06. The van der Waals surface area contributed by atoms with Crippen LogP contribution in [0.1, 0.15) is 42.8 Å². The Morgan fingerprint density at radius 2 is 2.14 bits per heavy atom. The normalized spacial score (nSPS) is 11.8. The van der Waals surface area contributed by atoms with Crippen LogP contribution < -0.4 is 10.9 Å². The van der Waals surface area contributed by atoms with Gasteiger partial charge in [0, 0.05) is 6.54 Å². The number of nitrogens with one attached hydrogen (secondary N) is 2. The Morgan fingerprint density at radius 3 is 2.76 bits per heavy atom. The highest BCUT2D eigenvalue weighted by atomic mass is 16.3. The van der Waals surface area contributed by atoms with E-state index in [2.05, 4.69) is 15.3 Å². The van der Waals surface area contributed by atoms with Crippen LogP contribution in [0, 0.1) is 6.92 Å². The summed E-state index contributed by atoms with van der Waals surface area (Å²) in [5.74, 6) is -0.131. The minimum Gasteiger partial charge on any atom is -0.442 e. The molecule has 2 aromatic heterocycles. The molecular weight excluding hydrogens is 274 g/mol. The second kappa shape index (κ2) is 5.69. The van der Waals surface area contributed by atoms with Crippen LogP contribution in [0.3, 0.4) is 0 Å². The predicted molar refractivity (Wildman–Crippen MR) is 77.2 cm³/mol. The van der Waals surface area contributed by atoms with E-state index in [0.29, 0.717) is 18.6 Å². The van der Waals surface area contributed by atoms with Crippen LogP contribution in [0.4, 0.5) is 0 Å². The molecule has 0 saturated carbocycles. The topological polar surface area (TPSA) is 108 Å². The molecule has 0 aliphatic carbocycles. The van der Waals surface area contributed by atoms with E-state index >= 15 is 0 Å². The Morgan fingerprint density at radius 1 is 1.48 bits per heavy atom. The van der Waals surface area contributed by atoms with E-state index in [-0.39, 0.29) is 23.2 Å². The summed E-state index contributed by atoms with van der Waals surface area (Å²) in [6.45, 7) is 5.41. The molecule has 21 heavy (non-hydrogen) atoms. The first-order valence-electron chi connectivity index (χ1n) is 6.89. The highest BCUT2D eigenvalue weighted by Gasteiger charge is 2.26. The number of aromatic amines is 1. The monoisotopic (exact) mass is 293 g/mol. The molecule has 0 radical (unpaired) electrons. The molecule has 0 unspecified atom stereocenters. The van der Waals surface area contributed by atoms with Gasteiger partial charge in [-0.05, 0) is 19.8 Å². The van der Waals surface area contributed by atoms with E-state index in [1.807, 2.05) is 13.8 Å². The van der Waals surface area contributed by atoms with Gasteiger partial charge in [0.1, 0.15) is 11.1 Å². The van der Waals surface area contributed by atoms with Crippen molar-refractivity contribution in [2.24, 2.45) is 0 Å². The van der Waals surface area contributed by atoms with E-state index < -0.39 is 17.1 Å². The predicted octanol–water partition coefficient (Wildman–Crippen LogP) is 1.11. The quantitative estimate of drug-likeness (QED) is 0.765. The summed E-state index contributed by atoms with van der Waals surface area (Å²) in [6, 6.07) is 0. The molecule has 0 spiro atoms. The average Bonchev–Trinajstić information content (AvgIpc) is 2.82. The Hall–Kier alpha value is -2.15. The SMILES string of the molecule is CCC(O)(CC)CNC(=O)c1c(C)oc2nc[nH]c(=O)c12. The number of aryl methyl sites for hydroxylation is 1. The molecule has 2 heterocycles. The second-order valence-electron chi connectivity index (χ2n) is 5.06. The van der Waals surface area contributed by atoms with Crippen molar-refractivity contribution in [2.45, 2.75) is 39.2 Å². The molecule has 7 nitrogen and oxygen atoms in total. The summed E-state index contributed by atoms with van der Waals surface area (Å²) >= 11 is 0. The Bertz CT molecular complexity index is 713. The van der Waals surface area contributed by atoms with Gasteiger partial charge in [-0.15, -0.1) is 0 Å². The van der Waals surface area contributed by atoms with Gasteiger partial charge in [-0.3, -0.25) is 9.59 Å². The van der Waals surface area contributed by atoms with Crippen LogP contribution in [0.25, 0.3) is 11.1 Å². The lowest BCUT2D eigenvalue weighted by Crippen LogP contribution is -2.42. The summed E-state index contributed by atoms with van der Waals surface area (Å²) < 4.78 is 5.33. The average molecular weight is 293 g/mol. The van der Waals surface area contributed by atoms with Crippen LogP contribution in [-0.2, 0) is 0 Å². The van der Waals surface area contributed by atoms with Crippen molar-refractivity contribution in [3.63, 3.8) is 0 Å². The number of carbonyl (C=O) groups is 1. The third-order valence-electron chi connectivity index (χ3n) is 3.79. The number of aliphatic hydroxyl groups is 1.